The van der Waals surface area contributed by atoms with E-state index >= 15 is 0 Å². The van der Waals surface area contributed by atoms with Crippen LogP contribution in [-0.2, 0) is 30.9 Å². The van der Waals surface area contributed by atoms with Crippen LogP contribution in [0.1, 0.15) is 23.0 Å². The van der Waals surface area contributed by atoms with Gasteiger partial charge in [0.1, 0.15) is 36.3 Å². The molecule has 0 fully saturated rings. The van der Waals surface area contributed by atoms with Gasteiger partial charge in [-0.05, 0) is 30.8 Å². The van der Waals surface area contributed by atoms with Crippen LogP contribution >= 0.6 is 0 Å². The molecule has 0 unspecified atom stereocenters. The van der Waals surface area contributed by atoms with Gasteiger partial charge in [0, 0.05) is 6.42 Å². The molecule has 5 heteroatoms. The second-order valence-corrected chi connectivity index (χ2v) is 3.97. The lowest BCUT2D eigenvalue weighted by Gasteiger charge is -1.99. The molecule has 4 N–H and O–H groups in total. The van der Waals surface area contributed by atoms with E-state index in [4.69, 9.17) is 25.0 Å². The van der Waals surface area contributed by atoms with Crippen molar-refractivity contribution in [2.75, 3.05) is 6.54 Å². The molecule has 18 heavy (non-hydrogen) atoms. The smallest absolute Gasteiger partial charge is 0.129 e. The molecule has 0 atom stereocenters. The van der Waals surface area contributed by atoms with E-state index in [1.165, 1.54) is 0 Å². The average Bonchev–Trinajstić information content (AvgIpc) is 2.99. The van der Waals surface area contributed by atoms with Gasteiger partial charge in [-0.3, -0.25) is 0 Å². The van der Waals surface area contributed by atoms with E-state index < -0.39 is 0 Å². The predicted octanol–water partition coefficient (Wildman–Crippen LogP) is 1.55. The summed E-state index contributed by atoms with van der Waals surface area (Å²) in [5, 5.41) is 0. The van der Waals surface area contributed by atoms with Crippen LogP contribution in [0.4, 0.5) is 0 Å². The van der Waals surface area contributed by atoms with Crippen molar-refractivity contribution in [2.24, 2.45) is 11.5 Å². The van der Waals surface area contributed by atoms with Crippen LogP contribution < -0.4 is 11.5 Å². The zero-order chi connectivity index (χ0) is 12.8. The van der Waals surface area contributed by atoms with E-state index in [0.717, 1.165) is 29.5 Å². The molecule has 0 aliphatic carbocycles. The summed E-state index contributed by atoms with van der Waals surface area (Å²) < 4.78 is 16.4. The highest BCUT2D eigenvalue weighted by molar-refractivity contribution is 5.07. The fraction of sp³-hybridized carbons (Fsp3) is 0.385. The minimum Gasteiger partial charge on any atom is -0.464 e. The summed E-state index contributed by atoms with van der Waals surface area (Å²) in [6.07, 6.45) is 0.748. The molecule has 0 saturated heterocycles. The minimum atomic E-state index is 0.403. The molecule has 2 rings (SSSR count). The Morgan fingerprint density at radius 1 is 0.833 bits per heavy atom. The molecule has 2 heterocycles. The molecule has 5 nitrogen and oxygen atoms in total. The minimum absolute atomic E-state index is 0.403. The van der Waals surface area contributed by atoms with Gasteiger partial charge in [0.25, 0.3) is 0 Å². The van der Waals surface area contributed by atoms with Crippen LogP contribution in [0, 0.1) is 0 Å². The van der Waals surface area contributed by atoms with Crippen LogP contribution in [0.2, 0.25) is 0 Å². The third-order valence-corrected chi connectivity index (χ3v) is 2.52. The lowest BCUT2D eigenvalue weighted by Crippen LogP contribution is -2.01. The number of furan rings is 2. The van der Waals surface area contributed by atoms with Crippen molar-refractivity contribution in [3.05, 3.63) is 47.3 Å². The van der Waals surface area contributed by atoms with Crippen molar-refractivity contribution in [1.82, 2.24) is 0 Å². The van der Waals surface area contributed by atoms with Crippen molar-refractivity contribution in [3.63, 3.8) is 0 Å². The van der Waals surface area contributed by atoms with Crippen molar-refractivity contribution in [3.8, 4) is 0 Å². The van der Waals surface area contributed by atoms with Crippen LogP contribution in [0.3, 0.4) is 0 Å². The first-order valence-corrected chi connectivity index (χ1v) is 5.95. The summed E-state index contributed by atoms with van der Waals surface area (Å²) in [6.45, 7) is 1.82. The zero-order valence-electron chi connectivity index (χ0n) is 10.2. The number of hydrogen-bond donors (Lipinski definition) is 2. The van der Waals surface area contributed by atoms with E-state index in [2.05, 4.69) is 0 Å². The Morgan fingerprint density at radius 3 is 1.94 bits per heavy atom. The predicted molar refractivity (Wildman–Crippen MR) is 66.6 cm³/mol. The molecule has 2 aromatic heterocycles. The average molecular weight is 250 g/mol. The Balaban J connectivity index is 1.77. The van der Waals surface area contributed by atoms with Gasteiger partial charge in [-0.25, -0.2) is 0 Å². The van der Waals surface area contributed by atoms with Gasteiger partial charge >= 0.3 is 0 Å². The maximum Gasteiger partial charge on any atom is 0.129 e. The van der Waals surface area contributed by atoms with Crippen molar-refractivity contribution in [1.29, 1.82) is 0 Å². The standard InChI is InChI=1S/C13H18N2O3/c14-6-5-10-1-3-12(17-10)8-16-9-13-4-2-11(7-15)18-13/h1-4H,5-9,14-15H2. The fourth-order valence-corrected chi connectivity index (χ4v) is 1.64. The molecule has 0 aromatic carbocycles. The summed E-state index contributed by atoms with van der Waals surface area (Å²) >= 11 is 0. The molecular formula is C13H18N2O3. The van der Waals surface area contributed by atoms with Crippen LogP contribution in [0.25, 0.3) is 0 Å². The highest BCUT2D eigenvalue weighted by atomic mass is 16.5. The van der Waals surface area contributed by atoms with Gasteiger partial charge in [-0.15, -0.1) is 0 Å². The molecule has 0 aliphatic heterocycles. The Kier molecular flexibility index (Phi) is 4.58. The van der Waals surface area contributed by atoms with Crippen LogP contribution in [-0.4, -0.2) is 6.54 Å². The largest absolute Gasteiger partial charge is 0.464 e. The third-order valence-electron chi connectivity index (χ3n) is 2.52. The van der Waals surface area contributed by atoms with E-state index in [1.54, 1.807) is 0 Å². The Labute approximate surface area is 106 Å². The molecule has 0 aliphatic rings. The third kappa shape index (κ3) is 3.46. The normalized spacial score (nSPS) is 11.0. The molecular weight excluding hydrogens is 232 g/mol. The fourth-order valence-electron chi connectivity index (χ4n) is 1.64. The SMILES string of the molecule is NCCc1ccc(COCc2ccc(CN)o2)o1. The van der Waals surface area contributed by atoms with Gasteiger partial charge in [0.05, 0.1) is 6.54 Å². The van der Waals surface area contributed by atoms with Crippen LogP contribution in [0.5, 0.6) is 0 Å². The number of rotatable bonds is 7. The summed E-state index contributed by atoms with van der Waals surface area (Å²) in [4.78, 5) is 0. The maximum atomic E-state index is 5.53. The number of ether oxygens (including phenoxy) is 1. The summed E-state index contributed by atoms with van der Waals surface area (Å²) in [5.74, 6) is 3.21. The Hall–Kier alpha value is -1.56. The lowest BCUT2D eigenvalue weighted by atomic mass is 10.3. The summed E-state index contributed by atoms with van der Waals surface area (Å²) in [7, 11) is 0. The molecule has 0 radical (unpaired) electrons. The molecule has 0 spiro atoms. The van der Waals surface area contributed by atoms with E-state index in [1.807, 2.05) is 24.3 Å². The first-order chi connectivity index (χ1) is 8.81. The van der Waals surface area contributed by atoms with E-state index in [9.17, 15) is 0 Å². The van der Waals surface area contributed by atoms with E-state index in [-0.39, 0.29) is 0 Å². The Bertz CT molecular complexity index is 476. The summed E-state index contributed by atoms with van der Waals surface area (Å²) in [6, 6.07) is 7.54. The van der Waals surface area contributed by atoms with Crippen molar-refractivity contribution >= 4 is 0 Å². The van der Waals surface area contributed by atoms with Gasteiger partial charge in [-0.2, -0.15) is 0 Å². The molecule has 0 saturated carbocycles. The van der Waals surface area contributed by atoms with E-state index in [0.29, 0.717) is 26.3 Å². The molecule has 0 amide bonds. The monoisotopic (exact) mass is 250 g/mol. The highest BCUT2D eigenvalue weighted by Gasteiger charge is 2.04. The first kappa shape index (κ1) is 12.9. The second kappa shape index (κ2) is 6.39. The molecule has 0 bridgehead atoms. The second-order valence-electron chi connectivity index (χ2n) is 3.97. The maximum absolute atomic E-state index is 5.53. The van der Waals surface area contributed by atoms with Crippen LogP contribution in [0.15, 0.2) is 33.1 Å². The van der Waals surface area contributed by atoms with Crippen molar-refractivity contribution in [2.45, 2.75) is 26.2 Å². The van der Waals surface area contributed by atoms with Gasteiger partial charge in [0.2, 0.25) is 0 Å². The zero-order valence-corrected chi connectivity index (χ0v) is 10.2. The molecule has 2 aromatic rings. The quantitative estimate of drug-likeness (QED) is 0.778. The van der Waals surface area contributed by atoms with Gasteiger partial charge < -0.3 is 25.0 Å². The topological polar surface area (TPSA) is 87.5 Å². The number of nitrogens with two attached hydrogens (primary N) is 2. The molecule has 98 valence electrons. The van der Waals surface area contributed by atoms with Crippen molar-refractivity contribution < 1.29 is 13.6 Å². The summed E-state index contributed by atoms with van der Waals surface area (Å²) in [5.41, 5.74) is 10.9. The highest BCUT2D eigenvalue weighted by Crippen LogP contribution is 2.12. The Morgan fingerprint density at radius 2 is 1.39 bits per heavy atom. The van der Waals surface area contributed by atoms with Gasteiger partial charge in [0.15, 0.2) is 0 Å². The number of hydrogen-bond acceptors (Lipinski definition) is 5. The van der Waals surface area contributed by atoms with Gasteiger partial charge in [-0.1, -0.05) is 0 Å². The first-order valence-electron chi connectivity index (χ1n) is 5.95. The lowest BCUT2D eigenvalue weighted by molar-refractivity contribution is 0.0789.